The van der Waals surface area contributed by atoms with Gasteiger partial charge >= 0.3 is 0 Å². The Hall–Kier alpha value is -2.08. The third kappa shape index (κ3) is 3.69. The van der Waals surface area contributed by atoms with Crippen LogP contribution in [0.2, 0.25) is 0 Å². The number of anilines is 2. The molecule has 0 unspecified atom stereocenters. The molecule has 0 aliphatic rings. The average Bonchev–Trinajstić information content (AvgIpc) is 2.33. The molecule has 0 saturated carbocycles. The van der Waals surface area contributed by atoms with Crippen molar-refractivity contribution in [3.05, 3.63) is 53.7 Å². The van der Waals surface area contributed by atoms with E-state index in [1.807, 2.05) is 6.07 Å². The zero-order valence-electron chi connectivity index (χ0n) is 10.5. The lowest BCUT2D eigenvalue weighted by molar-refractivity contribution is 0.600. The van der Waals surface area contributed by atoms with Gasteiger partial charge in [0.05, 0.1) is 17.6 Å². The summed E-state index contributed by atoms with van der Waals surface area (Å²) in [6, 6.07) is 10.7. The maximum Gasteiger partial charge on any atom is 0.238 e. The quantitative estimate of drug-likeness (QED) is 0.894. The van der Waals surface area contributed by atoms with Crippen LogP contribution in [0.1, 0.15) is 11.1 Å². The Kier molecular flexibility index (Phi) is 3.71. The average molecular weight is 277 g/mol. The molecule has 1 aromatic heterocycles. The SMILES string of the molecule is Cc1cc(N)cnc1NS(=O)(=O)Cc1ccccc1. The predicted molar refractivity (Wildman–Crippen MR) is 76.1 cm³/mol. The van der Waals surface area contributed by atoms with E-state index in [0.717, 1.165) is 5.56 Å². The number of nitrogens with two attached hydrogens (primary N) is 1. The summed E-state index contributed by atoms with van der Waals surface area (Å²) in [6.07, 6.45) is 1.42. The second kappa shape index (κ2) is 5.27. The van der Waals surface area contributed by atoms with E-state index in [-0.39, 0.29) is 5.75 Å². The topological polar surface area (TPSA) is 85.1 Å². The molecule has 19 heavy (non-hydrogen) atoms. The van der Waals surface area contributed by atoms with Crippen LogP contribution in [-0.4, -0.2) is 13.4 Å². The molecular weight excluding hydrogens is 262 g/mol. The molecule has 0 radical (unpaired) electrons. The number of nitrogen functional groups attached to an aromatic ring is 1. The van der Waals surface area contributed by atoms with E-state index in [2.05, 4.69) is 9.71 Å². The molecule has 5 nitrogen and oxygen atoms in total. The molecule has 0 aliphatic heterocycles. The minimum Gasteiger partial charge on any atom is -0.397 e. The van der Waals surface area contributed by atoms with Crippen LogP contribution in [0.3, 0.4) is 0 Å². The first kappa shape index (κ1) is 13.4. The van der Waals surface area contributed by atoms with Crippen LogP contribution in [-0.2, 0) is 15.8 Å². The first-order valence-electron chi connectivity index (χ1n) is 5.73. The molecule has 100 valence electrons. The van der Waals surface area contributed by atoms with Crippen LogP contribution in [0.25, 0.3) is 0 Å². The van der Waals surface area contributed by atoms with Crippen LogP contribution in [0, 0.1) is 6.92 Å². The minimum atomic E-state index is -3.48. The van der Waals surface area contributed by atoms with Gasteiger partial charge in [-0.25, -0.2) is 13.4 Å². The lowest BCUT2D eigenvalue weighted by Gasteiger charge is -2.10. The Balaban J connectivity index is 2.17. The molecule has 1 aromatic carbocycles. The van der Waals surface area contributed by atoms with Gasteiger partial charge in [0.1, 0.15) is 5.82 Å². The van der Waals surface area contributed by atoms with Crippen molar-refractivity contribution in [1.82, 2.24) is 4.98 Å². The number of sulfonamides is 1. The molecule has 2 aromatic rings. The van der Waals surface area contributed by atoms with Crippen molar-refractivity contribution in [3.63, 3.8) is 0 Å². The minimum absolute atomic E-state index is 0.0840. The summed E-state index contributed by atoms with van der Waals surface area (Å²) in [7, 11) is -3.48. The summed E-state index contributed by atoms with van der Waals surface area (Å²) in [5.41, 5.74) is 7.49. The van der Waals surface area contributed by atoms with Crippen molar-refractivity contribution in [2.24, 2.45) is 0 Å². The van der Waals surface area contributed by atoms with Gasteiger partial charge in [-0.2, -0.15) is 0 Å². The Morgan fingerprint density at radius 3 is 2.58 bits per heavy atom. The van der Waals surface area contributed by atoms with Gasteiger partial charge in [-0.1, -0.05) is 30.3 Å². The summed E-state index contributed by atoms with van der Waals surface area (Å²) >= 11 is 0. The van der Waals surface area contributed by atoms with E-state index in [1.165, 1.54) is 6.20 Å². The second-order valence-corrected chi connectivity index (χ2v) is 6.00. The number of nitrogens with one attached hydrogen (secondary N) is 1. The molecule has 6 heteroatoms. The predicted octanol–water partition coefficient (Wildman–Crippen LogP) is 1.91. The largest absolute Gasteiger partial charge is 0.397 e. The van der Waals surface area contributed by atoms with E-state index in [9.17, 15) is 8.42 Å². The molecule has 0 bridgehead atoms. The standard InChI is InChI=1S/C13H15N3O2S/c1-10-7-12(14)8-15-13(10)16-19(17,18)9-11-5-3-2-4-6-11/h2-8H,9,14H2,1H3,(H,15,16). The number of nitrogens with zero attached hydrogens (tertiary/aromatic N) is 1. The summed E-state index contributed by atoms with van der Waals surface area (Å²) in [4.78, 5) is 3.99. The fourth-order valence-corrected chi connectivity index (χ4v) is 2.89. The van der Waals surface area contributed by atoms with Gasteiger partial charge in [0.2, 0.25) is 10.0 Å². The summed E-state index contributed by atoms with van der Waals surface area (Å²) in [6.45, 7) is 1.75. The molecule has 0 atom stereocenters. The van der Waals surface area contributed by atoms with Gasteiger partial charge in [-0.15, -0.1) is 0 Å². The first-order chi connectivity index (χ1) is 8.96. The number of aryl methyl sites for hydroxylation is 1. The molecule has 0 saturated heterocycles. The van der Waals surface area contributed by atoms with Crippen molar-refractivity contribution < 1.29 is 8.42 Å². The molecule has 0 amide bonds. The van der Waals surface area contributed by atoms with Crippen molar-refractivity contribution in [2.45, 2.75) is 12.7 Å². The maximum atomic E-state index is 12.0. The lowest BCUT2D eigenvalue weighted by atomic mass is 10.2. The Labute approximate surface area is 112 Å². The highest BCUT2D eigenvalue weighted by molar-refractivity contribution is 7.91. The maximum absolute atomic E-state index is 12.0. The van der Waals surface area contributed by atoms with Crippen LogP contribution < -0.4 is 10.5 Å². The Bertz CT molecular complexity index is 670. The third-order valence-corrected chi connectivity index (χ3v) is 3.77. The van der Waals surface area contributed by atoms with Crippen LogP contribution in [0.5, 0.6) is 0 Å². The van der Waals surface area contributed by atoms with E-state index < -0.39 is 10.0 Å². The van der Waals surface area contributed by atoms with Gasteiger partial charge in [-0.3, -0.25) is 4.72 Å². The van der Waals surface area contributed by atoms with E-state index >= 15 is 0 Å². The van der Waals surface area contributed by atoms with Crippen molar-refractivity contribution >= 4 is 21.5 Å². The van der Waals surface area contributed by atoms with Gasteiger partial charge in [0, 0.05) is 0 Å². The highest BCUT2D eigenvalue weighted by atomic mass is 32.2. The summed E-state index contributed by atoms with van der Waals surface area (Å²) < 4.78 is 26.5. The summed E-state index contributed by atoms with van der Waals surface area (Å²) in [5.74, 6) is 0.226. The van der Waals surface area contributed by atoms with Crippen LogP contribution >= 0.6 is 0 Å². The Morgan fingerprint density at radius 1 is 1.26 bits per heavy atom. The lowest BCUT2D eigenvalue weighted by Crippen LogP contribution is -2.16. The molecule has 0 spiro atoms. The Morgan fingerprint density at radius 2 is 1.95 bits per heavy atom. The monoisotopic (exact) mass is 277 g/mol. The number of benzene rings is 1. The van der Waals surface area contributed by atoms with E-state index in [1.54, 1.807) is 37.3 Å². The molecular formula is C13H15N3O2S. The van der Waals surface area contributed by atoms with Crippen LogP contribution in [0.15, 0.2) is 42.6 Å². The molecule has 0 fully saturated rings. The summed E-state index contributed by atoms with van der Waals surface area (Å²) in [5, 5.41) is 0. The molecule has 3 N–H and O–H groups in total. The number of rotatable bonds is 4. The van der Waals surface area contributed by atoms with Gasteiger partial charge in [0.15, 0.2) is 0 Å². The third-order valence-electron chi connectivity index (χ3n) is 2.55. The van der Waals surface area contributed by atoms with Crippen molar-refractivity contribution in [3.8, 4) is 0 Å². The van der Waals surface area contributed by atoms with Gasteiger partial charge < -0.3 is 5.73 Å². The van der Waals surface area contributed by atoms with Gasteiger partial charge in [0.25, 0.3) is 0 Å². The van der Waals surface area contributed by atoms with Crippen molar-refractivity contribution in [1.29, 1.82) is 0 Å². The number of hydrogen-bond acceptors (Lipinski definition) is 4. The normalized spacial score (nSPS) is 11.2. The molecule has 1 heterocycles. The fourth-order valence-electron chi connectivity index (χ4n) is 1.68. The number of pyridine rings is 1. The van der Waals surface area contributed by atoms with E-state index in [4.69, 9.17) is 5.73 Å². The molecule has 0 aliphatic carbocycles. The zero-order chi connectivity index (χ0) is 13.9. The second-order valence-electron chi connectivity index (χ2n) is 4.28. The smallest absolute Gasteiger partial charge is 0.238 e. The first-order valence-corrected chi connectivity index (χ1v) is 7.38. The fraction of sp³-hybridized carbons (Fsp3) is 0.154. The van der Waals surface area contributed by atoms with Gasteiger partial charge in [-0.05, 0) is 24.1 Å². The van der Waals surface area contributed by atoms with Crippen LogP contribution in [0.4, 0.5) is 11.5 Å². The number of hydrogen-bond donors (Lipinski definition) is 2. The highest BCUT2D eigenvalue weighted by Gasteiger charge is 2.13. The zero-order valence-corrected chi connectivity index (χ0v) is 11.3. The molecule has 2 rings (SSSR count). The number of aromatic nitrogens is 1. The highest BCUT2D eigenvalue weighted by Crippen LogP contribution is 2.16. The van der Waals surface area contributed by atoms with E-state index in [0.29, 0.717) is 17.1 Å². The van der Waals surface area contributed by atoms with Crippen molar-refractivity contribution in [2.75, 3.05) is 10.5 Å².